The van der Waals surface area contributed by atoms with Crippen molar-refractivity contribution >= 4 is 11.6 Å². The summed E-state index contributed by atoms with van der Waals surface area (Å²) in [7, 11) is 0. The molecule has 1 aliphatic heterocycles. The monoisotopic (exact) mass is 445 g/mol. The van der Waals surface area contributed by atoms with Crippen molar-refractivity contribution in [3.8, 4) is 11.1 Å². The van der Waals surface area contributed by atoms with Crippen LogP contribution in [0, 0.1) is 5.82 Å². The highest BCUT2D eigenvalue weighted by Gasteiger charge is 2.46. The van der Waals surface area contributed by atoms with E-state index in [1.165, 1.54) is 17.2 Å². The molecule has 2 aromatic rings. The van der Waals surface area contributed by atoms with Crippen LogP contribution in [-0.4, -0.2) is 29.7 Å². The van der Waals surface area contributed by atoms with Gasteiger partial charge in [-0.2, -0.15) is 13.2 Å². The number of anilines is 1. The van der Waals surface area contributed by atoms with Crippen molar-refractivity contribution in [2.75, 3.05) is 11.9 Å². The fraction of sp³-hybridized carbons (Fsp3) is 0.292. The van der Waals surface area contributed by atoms with Crippen molar-refractivity contribution in [2.24, 2.45) is 0 Å². The number of carbonyl (C=O) groups excluding carboxylic acids is 1. The standard InChI is InChI=1S/C24H23F4N3O/c25-21-5-2-1-4-20(21)16-7-11-18(12-8-16)29-15-3-6-22-23(32)31(22)30-19-13-9-17(10-14-19)24(26,27)28/h1-2,4-5,7-9,11-13,22,29-30H,3,6,10,14-15H2. The molecule has 1 saturated heterocycles. The lowest BCUT2D eigenvalue weighted by molar-refractivity contribution is -0.114. The lowest BCUT2D eigenvalue weighted by Crippen LogP contribution is -2.25. The van der Waals surface area contributed by atoms with Gasteiger partial charge in [-0.3, -0.25) is 10.2 Å². The summed E-state index contributed by atoms with van der Waals surface area (Å²) in [6.45, 7) is 0.664. The first kappa shape index (κ1) is 21.9. The number of nitrogens with one attached hydrogen (secondary N) is 2. The molecule has 1 aliphatic carbocycles. The molecule has 2 aromatic carbocycles. The number of amides is 1. The molecule has 0 bridgehead atoms. The molecule has 0 aromatic heterocycles. The number of benzene rings is 2. The van der Waals surface area contributed by atoms with Gasteiger partial charge in [0, 0.05) is 29.1 Å². The van der Waals surface area contributed by atoms with Gasteiger partial charge in [0.1, 0.15) is 11.9 Å². The zero-order valence-electron chi connectivity index (χ0n) is 17.3. The van der Waals surface area contributed by atoms with Crippen LogP contribution < -0.4 is 10.7 Å². The highest BCUT2D eigenvalue weighted by molar-refractivity contribution is 5.96. The van der Waals surface area contributed by atoms with Crippen LogP contribution in [-0.2, 0) is 4.79 Å². The molecule has 2 aliphatic rings. The van der Waals surface area contributed by atoms with E-state index in [4.69, 9.17) is 0 Å². The van der Waals surface area contributed by atoms with E-state index >= 15 is 0 Å². The lowest BCUT2D eigenvalue weighted by Gasteiger charge is -2.18. The minimum atomic E-state index is -4.30. The molecule has 1 fully saturated rings. The van der Waals surface area contributed by atoms with Crippen LogP contribution in [0.2, 0.25) is 0 Å². The second kappa shape index (κ2) is 9.06. The molecular formula is C24H23F4N3O. The summed E-state index contributed by atoms with van der Waals surface area (Å²) in [5, 5.41) is 4.76. The zero-order chi connectivity index (χ0) is 22.7. The Kier molecular flexibility index (Phi) is 6.21. The minimum absolute atomic E-state index is 0.0502. The molecule has 0 saturated carbocycles. The Morgan fingerprint density at radius 2 is 1.75 bits per heavy atom. The minimum Gasteiger partial charge on any atom is -0.385 e. The third-order valence-electron chi connectivity index (χ3n) is 5.60. The summed E-state index contributed by atoms with van der Waals surface area (Å²) < 4.78 is 51.9. The van der Waals surface area contributed by atoms with E-state index in [-0.39, 0.29) is 30.6 Å². The van der Waals surface area contributed by atoms with Gasteiger partial charge in [0.25, 0.3) is 5.91 Å². The topological polar surface area (TPSA) is 44.1 Å². The van der Waals surface area contributed by atoms with E-state index in [1.807, 2.05) is 24.3 Å². The second-order valence-electron chi connectivity index (χ2n) is 7.84. The van der Waals surface area contributed by atoms with E-state index in [0.29, 0.717) is 24.2 Å². The van der Waals surface area contributed by atoms with Gasteiger partial charge in [0.05, 0.1) is 0 Å². The molecule has 1 amide bonds. The summed E-state index contributed by atoms with van der Waals surface area (Å²) in [5.41, 5.74) is 5.25. The maximum Gasteiger partial charge on any atom is 0.412 e. The number of hydrogen-bond acceptors (Lipinski definition) is 3. The summed E-state index contributed by atoms with van der Waals surface area (Å²) in [6, 6.07) is 13.8. The number of rotatable bonds is 8. The van der Waals surface area contributed by atoms with Gasteiger partial charge in [0.2, 0.25) is 0 Å². The predicted molar refractivity (Wildman–Crippen MR) is 115 cm³/mol. The van der Waals surface area contributed by atoms with Crippen LogP contribution in [0.3, 0.4) is 0 Å². The third kappa shape index (κ3) is 5.12. The first-order valence-electron chi connectivity index (χ1n) is 10.5. The van der Waals surface area contributed by atoms with Crippen LogP contribution in [0.4, 0.5) is 23.2 Å². The summed E-state index contributed by atoms with van der Waals surface area (Å²) in [5.74, 6) is -0.313. The first-order chi connectivity index (χ1) is 15.3. The lowest BCUT2D eigenvalue weighted by atomic mass is 10.0. The van der Waals surface area contributed by atoms with Crippen molar-refractivity contribution in [1.29, 1.82) is 0 Å². The Morgan fingerprint density at radius 1 is 1.00 bits per heavy atom. The number of carbonyl (C=O) groups is 1. The van der Waals surface area contributed by atoms with Gasteiger partial charge in [-0.05, 0) is 55.5 Å². The number of allylic oxidation sites excluding steroid dienone is 4. The van der Waals surface area contributed by atoms with Crippen molar-refractivity contribution in [3.63, 3.8) is 0 Å². The Balaban J connectivity index is 1.20. The highest BCUT2D eigenvalue weighted by Crippen LogP contribution is 2.33. The molecular weight excluding hydrogens is 422 g/mol. The first-order valence-corrected chi connectivity index (χ1v) is 10.5. The average Bonchev–Trinajstić information content (AvgIpc) is 3.38. The van der Waals surface area contributed by atoms with Crippen LogP contribution in [0.5, 0.6) is 0 Å². The molecule has 1 heterocycles. The average molecular weight is 445 g/mol. The number of hydrazine groups is 1. The van der Waals surface area contributed by atoms with Crippen molar-refractivity contribution in [2.45, 2.75) is 37.9 Å². The molecule has 4 rings (SSSR count). The fourth-order valence-corrected chi connectivity index (χ4v) is 3.72. The van der Waals surface area contributed by atoms with Gasteiger partial charge in [-0.1, -0.05) is 36.4 Å². The van der Waals surface area contributed by atoms with Crippen LogP contribution in [0.15, 0.2) is 72.0 Å². The van der Waals surface area contributed by atoms with Crippen LogP contribution >= 0.6 is 0 Å². The smallest absolute Gasteiger partial charge is 0.385 e. The Morgan fingerprint density at radius 3 is 2.41 bits per heavy atom. The zero-order valence-corrected chi connectivity index (χ0v) is 17.3. The largest absolute Gasteiger partial charge is 0.412 e. The molecule has 1 unspecified atom stereocenters. The van der Waals surface area contributed by atoms with Gasteiger partial charge >= 0.3 is 6.18 Å². The molecule has 8 heteroatoms. The maximum atomic E-state index is 13.9. The van der Waals surface area contributed by atoms with Crippen LogP contribution in [0.25, 0.3) is 11.1 Å². The molecule has 32 heavy (non-hydrogen) atoms. The van der Waals surface area contributed by atoms with Gasteiger partial charge < -0.3 is 5.32 Å². The fourth-order valence-electron chi connectivity index (χ4n) is 3.72. The molecule has 0 spiro atoms. The molecule has 1 atom stereocenters. The predicted octanol–water partition coefficient (Wildman–Crippen LogP) is 5.57. The van der Waals surface area contributed by atoms with E-state index in [2.05, 4.69) is 10.7 Å². The highest BCUT2D eigenvalue weighted by atomic mass is 19.4. The van der Waals surface area contributed by atoms with E-state index in [1.54, 1.807) is 18.2 Å². The summed E-state index contributed by atoms with van der Waals surface area (Å²) >= 11 is 0. The quantitative estimate of drug-likeness (QED) is 0.317. The molecule has 4 nitrogen and oxygen atoms in total. The van der Waals surface area contributed by atoms with Crippen molar-refractivity contribution in [3.05, 3.63) is 77.8 Å². The Hall–Kier alpha value is -3.29. The van der Waals surface area contributed by atoms with E-state index in [9.17, 15) is 22.4 Å². The van der Waals surface area contributed by atoms with Crippen LogP contribution in [0.1, 0.15) is 25.7 Å². The maximum absolute atomic E-state index is 13.9. The Labute approximate surface area is 183 Å². The van der Waals surface area contributed by atoms with Gasteiger partial charge in [-0.15, -0.1) is 0 Å². The third-order valence-corrected chi connectivity index (χ3v) is 5.60. The second-order valence-corrected chi connectivity index (χ2v) is 7.84. The van der Waals surface area contributed by atoms with Gasteiger partial charge in [0.15, 0.2) is 0 Å². The van der Waals surface area contributed by atoms with Gasteiger partial charge in [-0.25, -0.2) is 9.40 Å². The number of halogens is 4. The normalized spacial score (nSPS) is 18.2. The SMILES string of the molecule is O=C1C(CCCNc2ccc(-c3ccccc3F)cc2)N1NC1=CC=C(C(F)(F)F)CC1. The van der Waals surface area contributed by atoms with E-state index in [0.717, 1.165) is 23.7 Å². The summed E-state index contributed by atoms with van der Waals surface area (Å²) in [4.78, 5) is 12.0. The number of nitrogens with zero attached hydrogens (tertiary/aromatic N) is 1. The number of hydrogen-bond donors (Lipinski definition) is 2. The van der Waals surface area contributed by atoms with E-state index < -0.39 is 11.7 Å². The Bertz CT molecular complexity index is 1040. The van der Waals surface area contributed by atoms with Crippen molar-refractivity contribution in [1.82, 2.24) is 10.4 Å². The summed E-state index contributed by atoms with van der Waals surface area (Å²) in [6.07, 6.45) is -0.312. The van der Waals surface area contributed by atoms with Crippen molar-refractivity contribution < 1.29 is 22.4 Å². The molecule has 0 radical (unpaired) electrons. The molecule has 2 N–H and O–H groups in total. The number of alkyl halides is 3. The molecule has 168 valence electrons.